The molecule has 138 valence electrons. The Morgan fingerprint density at radius 3 is 2.77 bits per heavy atom. The maximum atomic E-state index is 8.03. The van der Waals surface area contributed by atoms with E-state index < -0.39 is 5.54 Å². The average molecular weight is 577 g/mol. The van der Waals surface area contributed by atoms with E-state index in [2.05, 4.69) is 72.9 Å². The molecular formula is C18H21I2N5O. The Morgan fingerprint density at radius 2 is 2.08 bits per heavy atom. The number of hydrogen-bond donors (Lipinski definition) is 0. The van der Waals surface area contributed by atoms with Crippen molar-refractivity contribution in [1.82, 2.24) is 14.6 Å². The quantitative estimate of drug-likeness (QED) is 0.396. The monoisotopic (exact) mass is 577 g/mol. The summed E-state index contributed by atoms with van der Waals surface area (Å²) in [5.74, 6) is 0.934. The van der Waals surface area contributed by atoms with Crippen LogP contribution in [-0.2, 0) is 10.3 Å². The zero-order valence-corrected chi connectivity index (χ0v) is 19.0. The van der Waals surface area contributed by atoms with E-state index in [1.165, 1.54) is 6.42 Å². The van der Waals surface area contributed by atoms with Crippen molar-refractivity contribution in [3.05, 3.63) is 30.6 Å². The summed E-state index contributed by atoms with van der Waals surface area (Å²) in [6.45, 7) is 12.4. The lowest BCUT2D eigenvalue weighted by atomic mass is 9.77. The Morgan fingerprint density at radius 1 is 1.31 bits per heavy atom. The van der Waals surface area contributed by atoms with Crippen LogP contribution in [0.2, 0.25) is 0 Å². The first-order chi connectivity index (χ1) is 12.6. The van der Waals surface area contributed by atoms with E-state index in [1.807, 2.05) is 4.52 Å². The molecule has 0 N–H and O–H groups in total. The lowest BCUT2D eigenvalue weighted by Gasteiger charge is -2.35. The summed E-state index contributed by atoms with van der Waals surface area (Å²) in [7, 11) is 0. The summed E-state index contributed by atoms with van der Waals surface area (Å²) in [6, 6.07) is 2.44. The van der Waals surface area contributed by atoms with Crippen molar-refractivity contribution in [2.45, 2.75) is 50.6 Å². The topological polar surface area (TPSA) is 47.0 Å². The van der Waals surface area contributed by atoms with Gasteiger partial charge in [-0.2, -0.15) is 0 Å². The van der Waals surface area contributed by atoms with Crippen LogP contribution in [0.15, 0.2) is 6.07 Å². The first kappa shape index (κ1) is 18.7. The van der Waals surface area contributed by atoms with Crippen LogP contribution in [0.4, 0.5) is 5.82 Å². The molecule has 1 aliphatic carbocycles. The number of nitrogens with zero attached hydrogens (tertiary/aromatic N) is 5. The van der Waals surface area contributed by atoms with Gasteiger partial charge in [0.2, 0.25) is 0 Å². The molecule has 1 saturated heterocycles. The van der Waals surface area contributed by atoms with Gasteiger partial charge in [0.25, 0.3) is 5.54 Å². The van der Waals surface area contributed by atoms with E-state index in [0.29, 0.717) is 13.2 Å². The van der Waals surface area contributed by atoms with Crippen molar-refractivity contribution >= 4 is 56.5 Å². The van der Waals surface area contributed by atoms with E-state index in [0.717, 1.165) is 56.7 Å². The molecule has 2 fully saturated rings. The van der Waals surface area contributed by atoms with Gasteiger partial charge in [0.1, 0.15) is 9.22 Å². The number of ether oxygens (including phenoxy) is 1. The Kier molecular flexibility index (Phi) is 5.31. The van der Waals surface area contributed by atoms with Crippen LogP contribution in [0.25, 0.3) is 10.4 Å². The molecule has 0 amide bonds. The number of imidazole rings is 1. The van der Waals surface area contributed by atoms with Gasteiger partial charge in [0.15, 0.2) is 9.65 Å². The van der Waals surface area contributed by atoms with Gasteiger partial charge in [0.05, 0.1) is 24.8 Å². The lowest BCUT2D eigenvalue weighted by molar-refractivity contribution is 0.0984. The third-order valence-electron chi connectivity index (χ3n) is 5.56. The van der Waals surface area contributed by atoms with E-state index in [-0.39, 0.29) is 6.04 Å². The zero-order valence-electron chi connectivity index (χ0n) is 14.7. The summed E-state index contributed by atoms with van der Waals surface area (Å²) >= 11 is 4.52. The lowest BCUT2D eigenvalue weighted by Crippen LogP contribution is -2.44. The number of halogens is 2. The highest BCUT2D eigenvalue weighted by atomic mass is 127. The Labute approximate surface area is 180 Å². The van der Waals surface area contributed by atoms with Crippen molar-refractivity contribution in [1.29, 1.82) is 0 Å². The van der Waals surface area contributed by atoms with Crippen molar-refractivity contribution in [3.8, 4) is 0 Å². The molecule has 0 aromatic carbocycles. The maximum absolute atomic E-state index is 8.03. The third kappa shape index (κ3) is 3.09. The van der Waals surface area contributed by atoms with Gasteiger partial charge in [0, 0.05) is 42.0 Å². The number of anilines is 1. The Balaban J connectivity index is 1.94. The van der Waals surface area contributed by atoms with Crippen LogP contribution in [0, 0.1) is 14.1 Å². The van der Waals surface area contributed by atoms with Crippen molar-refractivity contribution < 1.29 is 4.74 Å². The molecule has 2 aromatic heterocycles. The van der Waals surface area contributed by atoms with Crippen molar-refractivity contribution in [2.24, 2.45) is 0 Å². The molecule has 4 rings (SSSR count). The van der Waals surface area contributed by atoms with E-state index in [9.17, 15) is 0 Å². The molecule has 2 aromatic rings. The molecule has 2 aliphatic rings. The molecule has 6 nitrogen and oxygen atoms in total. The second-order valence-electron chi connectivity index (χ2n) is 7.17. The standard InChI is InChI=1S/C18H21I2N5O/c1-12-11-26-9-8-24(12)14-10-13(18(21-2)6-4-3-5-7-18)15-16(19)22-17(20)25(15)23-14/h10,12H,3-9,11H2,1H3/t12-/m1/s1. The molecule has 0 unspecified atom stereocenters. The van der Waals surface area contributed by atoms with E-state index in [1.54, 1.807) is 0 Å². The van der Waals surface area contributed by atoms with Gasteiger partial charge in [-0.15, -0.1) is 5.10 Å². The molecule has 0 radical (unpaired) electrons. The summed E-state index contributed by atoms with van der Waals surface area (Å²) in [6.07, 6.45) is 5.29. The summed E-state index contributed by atoms with van der Waals surface area (Å²) < 4.78 is 9.32. The fraction of sp³-hybridized carbons (Fsp3) is 0.611. The van der Waals surface area contributed by atoms with Crippen LogP contribution in [0.1, 0.15) is 44.6 Å². The largest absolute Gasteiger partial charge is 0.377 e. The van der Waals surface area contributed by atoms with Gasteiger partial charge < -0.3 is 14.5 Å². The van der Waals surface area contributed by atoms with Crippen molar-refractivity contribution in [3.63, 3.8) is 0 Å². The Hall–Kier alpha value is -0.670. The zero-order chi connectivity index (χ0) is 18.3. The molecule has 0 bridgehead atoms. The van der Waals surface area contributed by atoms with Gasteiger partial charge in [-0.25, -0.2) is 16.1 Å². The van der Waals surface area contributed by atoms with Gasteiger partial charge in [-0.3, -0.25) is 0 Å². The molecule has 3 heterocycles. The highest BCUT2D eigenvalue weighted by Crippen LogP contribution is 2.44. The predicted octanol–water partition coefficient (Wildman–Crippen LogP) is 4.24. The summed E-state index contributed by atoms with van der Waals surface area (Å²) in [5, 5.41) is 4.90. The minimum Gasteiger partial charge on any atom is -0.377 e. The second-order valence-corrected chi connectivity index (χ2v) is 9.16. The average Bonchev–Trinajstić information content (AvgIpc) is 2.96. The van der Waals surface area contributed by atoms with Crippen LogP contribution in [0.5, 0.6) is 0 Å². The normalized spacial score (nSPS) is 23.2. The fourth-order valence-electron chi connectivity index (χ4n) is 4.15. The summed E-state index contributed by atoms with van der Waals surface area (Å²) in [4.78, 5) is 11.1. The second kappa shape index (κ2) is 7.39. The highest BCUT2D eigenvalue weighted by Gasteiger charge is 2.43. The number of rotatable bonds is 2. The SMILES string of the molecule is [C-]#[N+]C1(c2cc(N3CCOC[C@H]3C)nn3c(I)nc(I)c23)CCCCC1. The molecule has 1 atom stereocenters. The molecule has 0 spiro atoms. The molecular weight excluding hydrogens is 556 g/mol. The van der Waals surface area contributed by atoms with Gasteiger partial charge >= 0.3 is 0 Å². The number of hydrogen-bond acceptors (Lipinski definition) is 4. The minimum atomic E-state index is -0.449. The Bertz CT molecular complexity index is 869. The van der Waals surface area contributed by atoms with E-state index in [4.69, 9.17) is 16.4 Å². The first-order valence-corrected chi connectivity index (χ1v) is 11.2. The molecule has 8 heteroatoms. The smallest absolute Gasteiger partial charge is 0.259 e. The number of fused-ring (bicyclic) bond motifs is 1. The van der Waals surface area contributed by atoms with Crippen molar-refractivity contribution in [2.75, 3.05) is 24.7 Å². The fourth-order valence-corrected chi connectivity index (χ4v) is 5.95. The predicted molar refractivity (Wildman–Crippen MR) is 117 cm³/mol. The summed E-state index contributed by atoms with van der Waals surface area (Å²) in [5.41, 5.74) is 1.67. The van der Waals surface area contributed by atoms with Gasteiger partial charge in [-0.1, -0.05) is 6.42 Å². The van der Waals surface area contributed by atoms with Gasteiger partial charge in [-0.05, 0) is 48.4 Å². The molecule has 26 heavy (non-hydrogen) atoms. The van der Waals surface area contributed by atoms with E-state index >= 15 is 0 Å². The third-order valence-corrected chi connectivity index (χ3v) is 7.01. The number of aromatic nitrogens is 3. The first-order valence-electron chi connectivity index (χ1n) is 9.04. The maximum Gasteiger partial charge on any atom is 0.259 e. The minimum absolute atomic E-state index is 0.275. The van der Waals surface area contributed by atoms with Crippen LogP contribution in [-0.4, -0.2) is 40.4 Å². The molecule has 1 aliphatic heterocycles. The number of morpholine rings is 1. The highest BCUT2D eigenvalue weighted by molar-refractivity contribution is 14.1. The van der Waals surface area contributed by atoms with Crippen LogP contribution < -0.4 is 4.90 Å². The molecule has 1 saturated carbocycles. The van der Waals surface area contributed by atoms with Crippen LogP contribution >= 0.6 is 45.2 Å². The van der Waals surface area contributed by atoms with Crippen LogP contribution in [0.3, 0.4) is 0 Å².